The molecular formula is C15H17N5O2S2. The Kier molecular flexibility index (Phi) is 5.93. The minimum absolute atomic E-state index is 0.00624. The van der Waals surface area contributed by atoms with Crippen molar-refractivity contribution in [2.45, 2.75) is 5.03 Å². The molecule has 6 N–H and O–H groups in total. The van der Waals surface area contributed by atoms with E-state index in [4.69, 9.17) is 11.5 Å². The molecule has 2 aromatic rings. The molecule has 0 bridgehead atoms. The van der Waals surface area contributed by atoms with Gasteiger partial charge in [0.25, 0.3) is 11.8 Å². The van der Waals surface area contributed by atoms with Crippen molar-refractivity contribution in [3.8, 4) is 0 Å². The smallest absolute Gasteiger partial charge is 0.253 e. The van der Waals surface area contributed by atoms with Crippen molar-refractivity contribution in [1.82, 2.24) is 4.98 Å². The molecule has 1 heterocycles. The Morgan fingerprint density at radius 3 is 2.21 bits per heavy atom. The molecule has 0 aliphatic carbocycles. The van der Waals surface area contributed by atoms with E-state index < -0.39 is 11.8 Å². The summed E-state index contributed by atoms with van der Waals surface area (Å²) in [4.78, 5) is 30.8. The van der Waals surface area contributed by atoms with Gasteiger partial charge in [0.15, 0.2) is 5.17 Å². The number of hydrogen-bond acceptors (Lipinski definition) is 5. The van der Waals surface area contributed by atoms with Crippen molar-refractivity contribution < 1.29 is 9.59 Å². The van der Waals surface area contributed by atoms with Gasteiger partial charge in [-0.25, -0.2) is 4.99 Å². The van der Waals surface area contributed by atoms with Crippen molar-refractivity contribution in [2.75, 3.05) is 17.8 Å². The lowest BCUT2D eigenvalue weighted by molar-refractivity contribution is 0.0966. The van der Waals surface area contributed by atoms with Gasteiger partial charge in [-0.05, 0) is 24.6 Å². The number of aliphatic imine (C=N–C) groups is 1. The number of thioether (sulfide) groups is 2. The molecule has 0 spiro atoms. The number of carbonyl (C=O) groups is 2. The fraction of sp³-hybridized carbons (Fsp3) is 0.133. The number of nitrogens with zero attached hydrogens (tertiary/aromatic N) is 1. The second kappa shape index (κ2) is 7.93. The average Bonchev–Trinajstić information content (AvgIpc) is 2.94. The van der Waals surface area contributed by atoms with E-state index in [9.17, 15) is 9.59 Å². The highest BCUT2D eigenvalue weighted by Gasteiger charge is 2.25. The molecule has 0 atom stereocenters. The number of carbonyl (C=O) groups excluding carboxylic acids is 2. The second-order valence-corrected chi connectivity index (χ2v) is 6.21. The maximum absolute atomic E-state index is 11.8. The maximum atomic E-state index is 11.8. The van der Waals surface area contributed by atoms with Crippen LogP contribution in [0.4, 0.5) is 11.5 Å². The number of amidine groups is 1. The van der Waals surface area contributed by atoms with Crippen LogP contribution in [0.5, 0.6) is 0 Å². The standard InChI is InChI=1S/C15H17N5O2S2/c1-23-14-10(12(17)22)9(11(16)21)13(19-14)20-15(24-2)18-8-6-4-3-5-7-8/h3-7,19H,1-2H3,(H2,16,21)(H2,17,22)(H,18,20). The summed E-state index contributed by atoms with van der Waals surface area (Å²) in [6, 6.07) is 9.46. The van der Waals surface area contributed by atoms with E-state index in [1.54, 1.807) is 6.26 Å². The Morgan fingerprint density at radius 1 is 1.08 bits per heavy atom. The lowest BCUT2D eigenvalue weighted by Crippen LogP contribution is -2.19. The zero-order chi connectivity index (χ0) is 17.7. The molecule has 1 aromatic heterocycles. The first kappa shape index (κ1) is 18.0. The molecule has 1 aromatic carbocycles. The van der Waals surface area contributed by atoms with Crippen LogP contribution >= 0.6 is 23.5 Å². The molecule has 7 nitrogen and oxygen atoms in total. The van der Waals surface area contributed by atoms with Gasteiger partial charge in [-0.3, -0.25) is 9.59 Å². The Labute approximate surface area is 147 Å². The first-order valence-electron chi connectivity index (χ1n) is 6.82. The molecule has 2 rings (SSSR count). The van der Waals surface area contributed by atoms with Gasteiger partial charge in [0.2, 0.25) is 0 Å². The third kappa shape index (κ3) is 3.92. The maximum Gasteiger partial charge on any atom is 0.253 e. The summed E-state index contributed by atoms with van der Waals surface area (Å²) in [5, 5.41) is 4.13. The third-order valence-corrected chi connectivity index (χ3v) is 4.37. The Balaban J connectivity index is 2.49. The highest BCUT2D eigenvalue weighted by atomic mass is 32.2. The van der Waals surface area contributed by atoms with Crippen LogP contribution in [0.2, 0.25) is 0 Å². The lowest BCUT2D eigenvalue weighted by Gasteiger charge is -2.07. The van der Waals surface area contributed by atoms with Crippen LogP contribution in [0.15, 0.2) is 40.4 Å². The number of primary amides is 2. The van der Waals surface area contributed by atoms with E-state index in [0.29, 0.717) is 10.2 Å². The van der Waals surface area contributed by atoms with E-state index in [0.717, 1.165) is 5.69 Å². The monoisotopic (exact) mass is 363 g/mol. The van der Waals surface area contributed by atoms with Crippen LogP contribution in [0.25, 0.3) is 0 Å². The van der Waals surface area contributed by atoms with Gasteiger partial charge < -0.3 is 21.8 Å². The third-order valence-electron chi connectivity index (χ3n) is 3.07. The molecule has 0 fully saturated rings. The minimum atomic E-state index is -0.765. The number of hydrogen-bond donors (Lipinski definition) is 4. The first-order chi connectivity index (χ1) is 11.5. The summed E-state index contributed by atoms with van der Waals surface area (Å²) < 4.78 is 0. The number of aromatic amines is 1. The number of rotatable bonds is 5. The summed E-state index contributed by atoms with van der Waals surface area (Å²) in [6.45, 7) is 0. The highest BCUT2D eigenvalue weighted by molar-refractivity contribution is 8.13. The van der Waals surface area contributed by atoms with Crippen molar-refractivity contribution in [2.24, 2.45) is 16.5 Å². The van der Waals surface area contributed by atoms with Crippen molar-refractivity contribution in [3.05, 3.63) is 41.5 Å². The van der Waals surface area contributed by atoms with E-state index in [1.807, 2.05) is 36.6 Å². The topological polar surface area (TPSA) is 126 Å². The van der Waals surface area contributed by atoms with E-state index in [1.165, 1.54) is 23.5 Å². The predicted octanol–water partition coefficient (Wildman–Crippen LogP) is 2.40. The van der Waals surface area contributed by atoms with E-state index in [-0.39, 0.29) is 16.9 Å². The van der Waals surface area contributed by atoms with Gasteiger partial charge in [-0.15, -0.1) is 11.8 Å². The fourth-order valence-electron chi connectivity index (χ4n) is 2.05. The molecule has 0 aliphatic rings. The molecule has 0 aliphatic heterocycles. The van der Waals surface area contributed by atoms with E-state index in [2.05, 4.69) is 15.3 Å². The van der Waals surface area contributed by atoms with Crippen LogP contribution in [-0.4, -0.2) is 34.5 Å². The molecule has 0 saturated heterocycles. The van der Waals surface area contributed by atoms with Crippen LogP contribution in [0, 0.1) is 0 Å². The molecule has 126 valence electrons. The number of para-hydroxylation sites is 1. The van der Waals surface area contributed by atoms with Gasteiger partial charge in [-0.1, -0.05) is 30.0 Å². The molecule has 0 saturated carbocycles. The largest absolute Gasteiger partial charge is 0.365 e. The predicted molar refractivity (Wildman–Crippen MR) is 100 cm³/mol. The van der Waals surface area contributed by atoms with Crippen LogP contribution in [0.3, 0.4) is 0 Å². The zero-order valence-corrected chi connectivity index (χ0v) is 14.8. The van der Waals surface area contributed by atoms with E-state index >= 15 is 0 Å². The number of nitrogens with two attached hydrogens (primary N) is 2. The molecule has 2 amide bonds. The summed E-state index contributed by atoms with van der Waals surface area (Å²) in [7, 11) is 0. The lowest BCUT2D eigenvalue weighted by atomic mass is 10.1. The molecule has 0 radical (unpaired) electrons. The quantitative estimate of drug-likeness (QED) is 0.368. The Morgan fingerprint density at radius 2 is 1.71 bits per heavy atom. The SMILES string of the molecule is CS/C(=N\c1[nH]c(SC)c(C(N)=O)c1C(N)=O)Nc1ccccc1. The zero-order valence-electron chi connectivity index (χ0n) is 13.1. The van der Waals surface area contributed by atoms with Crippen LogP contribution < -0.4 is 16.8 Å². The van der Waals surface area contributed by atoms with Gasteiger partial charge in [-0.2, -0.15) is 0 Å². The summed E-state index contributed by atoms with van der Waals surface area (Å²) in [6.07, 6.45) is 3.60. The first-order valence-corrected chi connectivity index (χ1v) is 9.27. The average molecular weight is 363 g/mol. The normalized spacial score (nSPS) is 11.3. The Hall–Kier alpha value is -2.39. The minimum Gasteiger partial charge on any atom is -0.365 e. The van der Waals surface area contributed by atoms with Crippen LogP contribution in [0.1, 0.15) is 20.7 Å². The number of amides is 2. The number of aromatic nitrogens is 1. The van der Waals surface area contributed by atoms with Gasteiger partial charge in [0.1, 0.15) is 5.82 Å². The Bertz CT molecular complexity index is 787. The van der Waals surface area contributed by atoms with Crippen molar-refractivity contribution in [1.29, 1.82) is 0 Å². The molecular weight excluding hydrogens is 346 g/mol. The second-order valence-electron chi connectivity index (χ2n) is 4.60. The summed E-state index contributed by atoms with van der Waals surface area (Å²) >= 11 is 2.61. The molecule has 0 unspecified atom stereocenters. The highest BCUT2D eigenvalue weighted by Crippen LogP contribution is 2.31. The fourth-order valence-corrected chi connectivity index (χ4v) is 3.06. The summed E-state index contributed by atoms with van der Waals surface area (Å²) in [5.74, 6) is -1.29. The van der Waals surface area contributed by atoms with Gasteiger partial charge in [0, 0.05) is 5.69 Å². The molecule has 24 heavy (non-hydrogen) atoms. The number of H-pyrrole nitrogens is 1. The number of anilines is 1. The van der Waals surface area contributed by atoms with Crippen molar-refractivity contribution in [3.63, 3.8) is 0 Å². The van der Waals surface area contributed by atoms with Crippen LogP contribution in [-0.2, 0) is 0 Å². The van der Waals surface area contributed by atoms with Gasteiger partial charge in [0.05, 0.1) is 16.2 Å². The molecule has 9 heteroatoms. The summed E-state index contributed by atoms with van der Waals surface area (Å²) in [5.41, 5.74) is 11.7. The number of benzene rings is 1. The van der Waals surface area contributed by atoms with Gasteiger partial charge >= 0.3 is 0 Å². The van der Waals surface area contributed by atoms with Crippen molar-refractivity contribution >= 4 is 52.0 Å². The number of nitrogens with one attached hydrogen (secondary N) is 2.